The molecule has 0 saturated carbocycles. The minimum atomic E-state index is -0.458. The van der Waals surface area contributed by atoms with Gasteiger partial charge in [-0.15, -0.1) is 0 Å². The van der Waals surface area contributed by atoms with Crippen molar-refractivity contribution in [3.8, 4) is 11.5 Å². The van der Waals surface area contributed by atoms with Crippen molar-refractivity contribution in [2.75, 3.05) is 7.11 Å². The molecule has 2 aromatic rings. The van der Waals surface area contributed by atoms with E-state index in [2.05, 4.69) is 15.9 Å². The van der Waals surface area contributed by atoms with Crippen molar-refractivity contribution in [2.24, 2.45) is 0 Å². The van der Waals surface area contributed by atoms with Gasteiger partial charge in [0.25, 0.3) is 5.69 Å². The smallest absolute Gasteiger partial charge is 0.276 e. The number of rotatable bonds is 6. The highest BCUT2D eigenvalue weighted by Crippen LogP contribution is 2.37. The zero-order chi connectivity index (χ0) is 16.1. The second-order valence-corrected chi connectivity index (χ2v) is 5.18. The number of para-hydroxylation sites is 1. The van der Waals surface area contributed by atoms with E-state index in [1.165, 1.54) is 19.2 Å². The summed E-state index contributed by atoms with van der Waals surface area (Å²) in [5.41, 5.74) is 0.866. The molecular formula is C15H12BrNO5. The van der Waals surface area contributed by atoms with Crippen LogP contribution in [0.25, 0.3) is 0 Å². The third-order valence-electron chi connectivity index (χ3n) is 2.95. The quantitative estimate of drug-likeness (QED) is 0.442. The number of aldehydes is 1. The molecule has 6 nitrogen and oxygen atoms in total. The third-order valence-corrected chi connectivity index (χ3v) is 3.54. The highest BCUT2D eigenvalue weighted by atomic mass is 79.9. The van der Waals surface area contributed by atoms with Crippen LogP contribution >= 0.6 is 15.9 Å². The minimum Gasteiger partial charge on any atom is -0.493 e. The van der Waals surface area contributed by atoms with Crippen LogP contribution in [0.4, 0.5) is 5.69 Å². The second-order valence-electron chi connectivity index (χ2n) is 4.33. The standard InChI is InChI=1S/C15H12BrNO5/c1-21-14-7-10(8-18)6-12(16)15(14)22-9-11-4-2-3-5-13(11)17(19)20/h2-8H,9H2,1H3. The van der Waals surface area contributed by atoms with Gasteiger partial charge < -0.3 is 9.47 Å². The van der Waals surface area contributed by atoms with Crippen molar-refractivity contribution >= 4 is 27.9 Å². The van der Waals surface area contributed by atoms with E-state index in [-0.39, 0.29) is 12.3 Å². The average molecular weight is 366 g/mol. The molecule has 0 heterocycles. The first-order valence-corrected chi connectivity index (χ1v) is 7.04. The molecule has 0 amide bonds. The fourth-order valence-corrected chi connectivity index (χ4v) is 2.48. The van der Waals surface area contributed by atoms with Gasteiger partial charge in [-0.05, 0) is 34.1 Å². The van der Waals surface area contributed by atoms with Crippen molar-refractivity contribution in [1.82, 2.24) is 0 Å². The molecule has 0 radical (unpaired) electrons. The number of nitro groups is 1. The van der Waals surface area contributed by atoms with E-state index in [0.717, 1.165) is 0 Å². The van der Waals surface area contributed by atoms with Crippen LogP contribution < -0.4 is 9.47 Å². The van der Waals surface area contributed by atoms with Gasteiger partial charge in [0, 0.05) is 11.6 Å². The molecule has 0 aliphatic rings. The lowest BCUT2D eigenvalue weighted by atomic mass is 10.2. The Morgan fingerprint density at radius 2 is 2.05 bits per heavy atom. The molecule has 114 valence electrons. The van der Waals surface area contributed by atoms with Crippen molar-refractivity contribution in [3.05, 3.63) is 62.1 Å². The predicted octanol–water partition coefficient (Wildman–Crippen LogP) is 3.76. The van der Waals surface area contributed by atoms with Gasteiger partial charge >= 0.3 is 0 Å². The number of nitrogens with zero attached hydrogens (tertiary/aromatic N) is 1. The zero-order valence-electron chi connectivity index (χ0n) is 11.6. The molecule has 7 heteroatoms. The first kappa shape index (κ1) is 16.0. The van der Waals surface area contributed by atoms with E-state index >= 15 is 0 Å². The summed E-state index contributed by atoms with van der Waals surface area (Å²) in [6.45, 7) is 0.00650. The van der Waals surface area contributed by atoms with Gasteiger partial charge in [0.2, 0.25) is 0 Å². The van der Waals surface area contributed by atoms with Crippen molar-refractivity contribution in [3.63, 3.8) is 0 Å². The molecule has 0 fully saturated rings. The Morgan fingerprint density at radius 1 is 1.32 bits per heavy atom. The molecule has 0 N–H and O–H groups in total. The minimum absolute atomic E-state index is 0.00650. The summed E-state index contributed by atoms with van der Waals surface area (Å²) in [4.78, 5) is 21.4. The van der Waals surface area contributed by atoms with Gasteiger partial charge in [0.05, 0.1) is 22.1 Å². The monoisotopic (exact) mass is 365 g/mol. The van der Waals surface area contributed by atoms with Crippen LogP contribution in [0.5, 0.6) is 11.5 Å². The van der Waals surface area contributed by atoms with Crippen LogP contribution in [0.3, 0.4) is 0 Å². The summed E-state index contributed by atoms with van der Waals surface area (Å²) in [5.74, 6) is 0.751. The normalized spacial score (nSPS) is 10.1. The van der Waals surface area contributed by atoms with Crippen molar-refractivity contribution < 1.29 is 19.2 Å². The Kier molecular flexibility index (Phi) is 5.11. The van der Waals surface area contributed by atoms with Gasteiger partial charge in [-0.1, -0.05) is 12.1 Å². The second kappa shape index (κ2) is 7.04. The number of halogens is 1. The van der Waals surface area contributed by atoms with Gasteiger partial charge in [-0.25, -0.2) is 0 Å². The Hall–Kier alpha value is -2.41. The van der Waals surface area contributed by atoms with E-state index in [9.17, 15) is 14.9 Å². The maximum atomic E-state index is 11.0. The molecular weight excluding hydrogens is 354 g/mol. The van der Waals surface area contributed by atoms with Crippen LogP contribution in [0.2, 0.25) is 0 Å². The van der Waals surface area contributed by atoms with Crippen LogP contribution in [-0.2, 0) is 6.61 Å². The number of methoxy groups -OCH3 is 1. The SMILES string of the molecule is COc1cc(C=O)cc(Br)c1OCc1ccccc1[N+](=O)[O-]. The molecule has 0 aromatic heterocycles. The van der Waals surface area contributed by atoms with Gasteiger partial charge in [-0.2, -0.15) is 0 Å². The van der Waals surface area contributed by atoms with Crippen LogP contribution in [0.1, 0.15) is 15.9 Å². The third kappa shape index (κ3) is 3.43. The van der Waals surface area contributed by atoms with E-state index in [1.54, 1.807) is 24.3 Å². The van der Waals surface area contributed by atoms with Gasteiger partial charge in [0.15, 0.2) is 11.5 Å². The number of carbonyl (C=O) groups is 1. The Balaban J connectivity index is 2.29. The summed E-state index contributed by atoms with van der Waals surface area (Å²) in [5, 5.41) is 11.0. The summed E-state index contributed by atoms with van der Waals surface area (Å²) in [6.07, 6.45) is 0.694. The number of carbonyl (C=O) groups excluding carboxylic acids is 1. The molecule has 0 spiro atoms. The number of ether oxygens (including phenoxy) is 2. The molecule has 0 atom stereocenters. The van der Waals surface area contributed by atoms with Crippen LogP contribution in [0.15, 0.2) is 40.9 Å². The zero-order valence-corrected chi connectivity index (χ0v) is 13.2. The number of hydrogen-bond acceptors (Lipinski definition) is 5. The van der Waals surface area contributed by atoms with Crippen molar-refractivity contribution in [1.29, 1.82) is 0 Å². The van der Waals surface area contributed by atoms with Gasteiger partial charge in [-0.3, -0.25) is 14.9 Å². The fourth-order valence-electron chi connectivity index (χ4n) is 1.91. The molecule has 0 bridgehead atoms. The van der Waals surface area contributed by atoms with Crippen molar-refractivity contribution in [2.45, 2.75) is 6.61 Å². The Bertz CT molecular complexity index is 717. The molecule has 2 aromatic carbocycles. The molecule has 0 saturated heterocycles. The first-order valence-electron chi connectivity index (χ1n) is 6.24. The summed E-state index contributed by atoms with van der Waals surface area (Å²) < 4.78 is 11.4. The van der Waals surface area contributed by atoms with E-state index in [0.29, 0.717) is 33.4 Å². The highest BCUT2D eigenvalue weighted by Gasteiger charge is 2.16. The van der Waals surface area contributed by atoms with Crippen LogP contribution in [0, 0.1) is 10.1 Å². The number of hydrogen-bond donors (Lipinski definition) is 0. The summed E-state index contributed by atoms with van der Waals surface area (Å²) in [7, 11) is 1.45. The van der Waals surface area contributed by atoms with Crippen LogP contribution in [-0.4, -0.2) is 18.3 Å². The highest BCUT2D eigenvalue weighted by molar-refractivity contribution is 9.10. The lowest BCUT2D eigenvalue weighted by molar-refractivity contribution is -0.385. The number of benzene rings is 2. The molecule has 2 rings (SSSR count). The summed E-state index contributed by atoms with van der Waals surface area (Å²) in [6, 6.07) is 9.46. The predicted molar refractivity (Wildman–Crippen MR) is 83.5 cm³/mol. The Labute approximate surface area is 134 Å². The lowest BCUT2D eigenvalue weighted by Gasteiger charge is -2.13. The van der Waals surface area contributed by atoms with Gasteiger partial charge in [0.1, 0.15) is 12.9 Å². The molecule has 0 aliphatic heterocycles. The molecule has 0 aliphatic carbocycles. The largest absolute Gasteiger partial charge is 0.493 e. The van der Waals surface area contributed by atoms with E-state index in [1.807, 2.05) is 0 Å². The topological polar surface area (TPSA) is 78.7 Å². The molecule has 0 unspecified atom stereocenters. The maximum Gasteiger partial charge on any atom is 0.276 e. The van der Waals surface area contributed by atoms with E-state index in [4.69, 9.17) is 9.47 Å². The molecule has 22 heavy (non-hydrogen) atoms. The lowest BCUT2D eigenvalue weighted by Crippen LogP contribution is -2.02. The summed E-state index contributed by atoms with van der Waals surface area (Å²) >= 11 is 3.30. The first-order chi connectivity index (χ1) is 10.6. The fraction of sp³-hybridized carbons (Fsp3) is 0.133. The maximum absolute atomic E-state index is 11.0. The van der Waals surface area contributed by atoms with E-state index < -0.39 is 4.92 Å². The average Bonchev–Trinajstić information content (AvgIpc) is 2.53. The Morgan fingerprint density at radius 3 is 2.68 bits per heavy atom. The number of nitro benzene ring substituents is 1.